The minimum absolute atomic E-state index is 0.161. The van der Waals surface area contributed by atoms with Crippen molar-refractivity contribution < 1.29 is 9.90 Å². The normalized spacial score (nSPS) is 9.89. The van der Waals surface area contributed by atoms with E-state index < -0.39 is 5.97 Å². The van der Waals surface area contributed by atoms with Crippen LogP contribution in [0.5, 0.6) is 0 Å². The maximum atomic E-state index is 10.8. The van der Waals surface area contributed by atoms with Gasteiger partial charge in [0.15, 0.2) is 0 Å². The standard InChI is InChI=1S/C14H8ClNO2S/c15-12-7-10(14(17)18)3-6-13(12)19-11-4-1-9(8-16)2-5-11/h1-7H,(H,17,18). The lowest BCUT2D eigenvalue weighted by atomic mass is 10.2. The first-order valence-electron chi connectivity index (χ1n) is 5.31. The zero-order chi connectivity index (χ0) is 13.8. The zero-order valence-electron chi connectivity index (χ0n) is 9.63. The van der Waals surface area contributed by atoms with Gasteiger partial charge >= 0.3 is 5.97 Å². The minimum Gasteiger partial charge on any atom is -0.478 e. The molecule has 0 saturated heterocycles. The fourth-order valence-electron chi connectivity index (χ4n) is 1.44. The van der Waals surface area contributed by atoms with Gasteiger partial charge in [0.25, 0.3) is 0 Å². The van der Waals surface area contributed by atoms with Crippen LogP contribution in [-0.4, -0.2) is 11.1 Å². The third-order valence-corrected chi connectivity index (χ3v) is 3.90. The Morgan fingerprint density at radius 2 is 1.89 bits per heavy atom. The molecule has 0 aliphatic heterocycles. The highest BCUT2D eigenvalue weighted by molar-refractivity contribution is 7.99. The number of hydrogen-bond donors (Lipinski definition) is 1. The van der Waals surface area contributed by atoms with Crippen LogP contribution in [0.2, 0.25) is 5.02 Å². The topological polar surface area (TPSA) is 61.1 Å². The number of hydrogen-bond acceptors (Lipinski definition) is 3. The number of nitrogens with zero attached hydrogens (tertiary/aromatic N) is 1. The minimum atomic E-state index is -1.00. The van der Waals surface area contributed by atoms with Crippen molar-refractivity contribution in [3.63, 3.8) is 0 Å². The largest absolute Gasteiger partial charge is 0.478 e. The Balaban J connectivity index is 2.23. The molecule has 0 amide bonds. The Kier molecular flexibility index (Phi) is 4.10. The smallest absolute Gasteiger partial charge is 0.335 e. The molecule has 2 aromatic rings. The molecule has 0 fully saturated rings. The van der Waals surface area contributed by atoms with Crippen LogP contribution in [0.3, 0.4) is 0 Å². The number of benzene rings is 2. The summed E-state index contributed by atoms with van der Waals surface area (Å²) < 4.78 is 0. The van der Waals surface area contributed by atoms with Crippen molar-refractivity contribution in [3.05, 3.63) is 58.6 Å². The molecule has 0 atom stereocenters. The molecule has 2 rings (SSSR count). The van der Waals surface area contributed by atoms with Crippen molar-refractivity contribution >= 4 is 29.3 Å². The lowest BCUT2D eigenvalue weighted by Crippen LogP contribution is -1.95. The summed E-state index contributed by atoms with van der Waals surface area (Å²) in [5.74, 6) is -1.00. The summed E-state index contributed by atoms with van der Waals surface area (Å²) in [6.45, 7) is 0. The van der Waals surface area contributed by atoms with Crippen LogP contribution < -0.4 is 0 Å². The van der Waals surface area contributed by atoms with Crippen molar-refractivity contribution in [3.8, 4) is 6.07 Å². The van der Waals surface area contributed by atoms with Gasteiger partial charge in [0.05, 0.1) is 22.2 Å². The SMILES string of the molecule is N#Cc1ccc(Sc2ccc(C(=O)O)cc2Cl)cc1. The second-order valence-corrected chi connectivity index (χ2v) is 5.21. The molecule has 0 aromatic heterocycles. The third-order valence-electron chi connectivity index (χ3n) is 2.39. The zero-order valence-corrected chi connectivity index (χ0v) is 11.2. The van der Waals surface area contributed by atoms with E-state index in [1.807, 2.05) is 18.2 Å². The van der Waals surface area contributed by atoms with Crippen LogP contribution >= 0.6 is 23.4 Å². The van der Waals surface area contributed by atoms with Gasteiger partial charge in [-0.15, -0.1) is 0 Å². The molecule has 1 N–H and O–H groups in total. The summed E-state index contributed by atoms with van der Waals surface area (Å²) in [4.78, 5) is 12.5. The van der Waals surface area contributed by atoms with Gasteiger partial charge < -0.3 is 5.11 Å². The molecule has 0 aliphatic carbocycles. The van der Waals surface area contributed by atoms with E-state index in [9.17, 15) is 4.79 Å². The van der Waals surface area contributed by atoms with Gasteiger partial charge in [-0.2, -0.15) is 5.26 Å². The molecule has 0 heterocycles. The summed E-state index contributed by atoms with van der Waals surface area (Å²) in [6, 6.07) is 13.8. The molecule has 19 heavy (non-hydrogen) atoms. The molecule has 0 bridgehead atoms. The van der Waals surface area contributed by atoms with Gasteiger partial charge in [-0.25, -0.2) is 4.79 Å². The molecule has 0 radical (unpaired) electrons. The molecule has 0 saturated carbocycles. The average molecular weight is 290 g/mol. The summed E-state index contributed by atoms with van der Waals surface area (Å²) in [6.07, 6.45) is 0. The first-order valence-corrected chi connectivity index (χ1v) is 6.50. The summed E-state index contributed by atoms with van der Waals surface area (Å²) in [7, 11) is 0. The number of carboxylic acid groups (broad SMARTS) is 1. The lowest BCUT2D eigenvalue weighted by molar-refractivity contribution is 0.0697. The van der Waals surface area contributed by atoms with Crippen LogP contribution in [-0.2, 0) is 0 Å². The summed E-state index contributed by atoms with van der Waals surface area (Å²) in [5.41, 5.74) is 0.755. The van der Waals surface area contributed by atoms with E-state index in [0.717, 1.165) is 9.79 Å². The number of nitriles is 1. The number of carboxylic acids is 1. The molecular weight excluding hydrogens is 282 g/mol. The molecule has 0 spiro atoms. The van der Waals surface area contributed by atoms with E-state index in [4.69, 9.17) is 22.0 Å². The van der Waals surface area contributed by atoms with E-state index in [-0.39, 0.29) is 5.56 Å². The maximum absolute atomic E-state index is 10.8. The van der Waals surface area contributed by atoms with E-state index >= 15 is 0 Å². The van der Waals surface area contributed by atoms with Gasteiger partial charge in [-0.3, -0.25) is 0 Å². The summed E-state index contributed by atoms with van der Waals surface area (Å²) in [5, 5.41) is 18.0. The monoisotopic (exact) mass is 289 g/mol. The van der Waals surface area contributed by atoms with Gasteiger partial charge in [0, 0.05) is 9.79 Å². The molecule has 94 valence electrons. The maximum Gasteiger partial charge on any atom is 0.335 e. The van der Waals surface area contributed by atoms with Gasteiger partial charge in [0.2, 0.25) is 0 Å². The predicted molar refractivity (Wildman–Crippen MR) is 73.7 cm³/mol. The quantitative estimate of drug-likeness (QED) is 0.925. The number of aromatic carboxylic acids is 1. The Morgan fingerprint density at radius 1 is 1.21 bits per heavy atom. The molecule has 5 heteroatoms. The average Bonchev–Trinajstić information content (AvgIpc) is 2.41. The second-order valence-electron chi connectivity index (χ2n) is 3.69. The van der Waals surface area contributed by atoms with Gasteiger partial charge in [-0.05, 0) is 42.5 Å². The highest BCUT2D eigenvalue weighted by Crippen LogP contribution is 2.33. The van der Waals surface area contributed by atoms with Crippen molar-refractivity contribution in [2.75, 3.05) is 0 Å². The van der Waals surface area contributed by atoms with Crippen molar-refractivity contribution in [2.45, 2.75) is 9.79 Å². The highest BCUT2D eigenvalue weighted by Gasteiger charge is 2.08. The van der Waals surface area contributed by atoms with Crippen LogP contribution in [0, 0.1) is 11.3 Å². The van der Waals surface area contributed by atoms with Crippen molar-refractivity contribution in [1.29, 1.82) is 5.26 Å². The molecule has 0 unspecified atom stereocenters. The second kappa shape index (κ2) is 5.79. The molecular formula is C14H8ClNO2S. The Morgan fingerprint density at radius 3 is 2.42 bits per heavy atom. The fraction of sp³-hybridized carbons (Fsp3) is 0. The number of halogens is 1. The van der Waals surface area contributed by atoms with Crippen LogP contribution in [0.15, 0.2) is 52.3 Å². The predicted octanol–water partition coefficient (Wildman–Crippen LogP) is 4.06. The molecule has 3 nitrogen and oxygen atoms in total. The first kappa shape index (κ1) is 13.5. The Labute approximate surface area is 119 Å². The van der Waals surface area contributed by atoms with Gasteiger partial charge in [0.1, 0.15) is 0 Å². The van der Waals surface area contributed by atoms with E-state index in [1.165, 1.54) is 23.9 Å². The Bertz CT molecular complexity index is 662. The number of rotatable bonds is 3. The van der Waals surface area contributed by atoms with E-state index in [0.29, 0.717) is 10.6 Å². The highest BCUT2D eigenvalue weighted by atomic mass is 35.5. The summed E-state index contributed by atoms with van der Waals surface area (Å²) >= 11 is 7.46. The fourth-order valence-corrected chi connectivity index (χ4v) is 2.56. The Hall–Kier alpha value is -1.96. The van der Waals surface area contributed by atoms with E-state index in [2.05, 4.69) is 0 Å². The van der Waals surface area contributed by atoms with Crippen molar-refractivity contribution in [1.82, 2.24) is 0 Å². The van der Waals surface area contributed by atoms with Gasteiger partial charge in [-0.1, -0.05) is 23.4 Å². The van der Waals surface area contributed by atoms with Crippen molar-refractivity contribution in [2.24, 2.45) is 0 Å². The third kappa shape index (κ3) is 3.28. The van der Waals surface area contributed by atoms with E-state index in [1.54, 1.807) is 18.2 Å². The van der Waals surface area contributed by atoms with Crippen LogP contribution in [0.4, 0.5) is 0 Å². The molecule has 2 aromatic carbocycles. The molecule has 0 aliphatic rings. The number of carbonyl (C=O) groups is 1. The van der Waals surface area contributed by atoms with Crippen LogP contribution in [0.25, 0.3) is 0 Å². The first-order chi connectivity index (χ1) is 9.10. The lowest BCUT2D eigenvalue weighted by Gasteiger charge is -2.05. The van der Waals surface area contributed by atoms with Crippen LogP contribution in [0.1, 0.15) is 15.9 Å².